The average Bonchev–Trinajstić information content (AvgIpc) is 2.74. The van der Waals surface area contributed by atoms with Crippen LogP contribution in [0, 0.1) is 0 Å². The molecule has 0 atom stereocenters. The minimum Gasteiger partial charge on any atom is -0.318 e. The maximum absolute atomic E-state index is 11.8. The fourth-order valence-corrected chi connectivity index (χ4v) is 1.87. The fraction of sp³-hybridized carbons (Fsp3) is 0.333. The van der Waals surface area contributed by atoms with Crippen molar-refractivity contribution in [3.05, 3.63) is 22.4 Å². The molecular formula is C9H10N2O3S. The molecule has 0 aromatic carbocycles. The van der Waals surface area contributed by atoms with Crippen molar-refractivity contribution in [2.45, 2.75) is 0 Å². The molecule has 0 aliphatic carbocycles. The molecule has 1 aliphatic heterocycles. The Morgan fingerprint density at radius 3 is 2.93 bits per heavy atom. The summed E-state index contributed by atoms with van der Waals surface area (Å²) in [5, 5.41) is 2.92. The van der Waals surface area contributed by atoms with Gasteiger partial charge in [-0.25, -0.2) is 4.79 Å². The van der Waals surface area contributed by atoms with Gasteiger partial charge in [0.2, 0.25) is 0 Å². The fourth-order valence-electron chi connectivity index (χ4n) is 1.21. The number of hydroxylamine groups is 2. The van der Waals surface area contributed by atoms with E-state index in [1.165, 1.54) is 16.2 Å². The van der Waals surface area contributed by atoms with Crippen LogP contribution < -0.4 is 0 Å². The molecule has 0 bridgehead atoms. The van der Waals surface area contributed by atoms with Crippen LogP contribution in [0.15, 0.2) is 17.5 Å². The van der Waals surface area contributed by atoms with Crippen molar-refractivity contribution < 1.29 is 14.4 Å². The molecule has 80 valence electrons. The van der Waals surface area contributed by atoms with Crippen molar-refractivity contribution in [2.75, 3.05) is 20.1 Å². The van der Waals surface area contributed by atoms with E-state index < -0.39 is 6.09 Å². The van der Waals surface area contributed by atoms with Crippen LogP contribution >= 0.6 is 11.3 Å². The van der Waals surface area contributed by atoms with E-state index in [0.717, 1.165) is 5.06 Å². The third kappa shape index (κ3) is 1.94. The van der Waals surface area contributed by atoms with Crippen molar-refractivity contribution in [1.82, 2.24) is 9.96 Å². The summed E-state index contributed by atoms with van der Waals surface area (Å²) in [6.45, 7) is 0.898. The molecule has 0 spiro atoms. The maximum Gasteiger partial charge on any atom is 0.434 e. The number of rotatable bonds is 1. The van der Waals surface area contributed by atoms with Gasteiger partial charge in [0.1, 0.15) is 0 Å². The van der Waals surface area contributed by atoms with Gasteiger partial charge in [0.05, 0.1) is 11.4 Å². The summed E-state index contributed by atoms with van der Waals surface area (Å²) >= 11 is 1.33. The van der Waals surface area contributed by atoms with E-state index >= 15 is 0 Å². The monoisotopic (exact) mass is 226 g/mol. The third-order valence-corrected chi connectivity index (χ3v) is 2.95. The smallest absolute Gasteiger partial charge is 0.318 e. The Hall–Kier alpha value is -1.56. The highest BCUT2D eigenvalue weighted by atomic mass is 32.1. The van der Waals surface area contributed by atoms with Gasteiger partial charge >= 0.3 is 6.09 Å². The van der Waals surface area contributed by atoms with Crippen LogP contribution in [0.5, 0.6) is 0 Å². The topological polar surface area (TPSA) is 49.9 Å². The normalized spacial score (nSPS) is 16.5. The summed E-state index contributed by atoms with van der Waals surface area (Å²) in [6.07, 6.45) is -0.494. The molecule has 2 amide bonds. The first-order valence-electron chi connectivity index (χ1n) is 4.47. The van der Waals surface area contributed by atoms with E-state index in [-0.39, 0.29) is 5.91 Å². The van der Waals surface area contributed by atoms with E-state index in [0.29, 0.717) is 18.0 Å². The minimum atomic E-state index is -0.494. The van der Waals surface area contributed by atoms with E-state index in [9.17, 15) is 9.59 Å². The van der Waals surface area contributed by atoms with E-state index in [4.69, 9.17) is 4.84 Å². The Bertz CT molecular complexity index is 377. The number of carbonyl (C=O) groups is 2. The maximum atomic E-state index is 11.8. The molecule has 2 rings (SSSR count). The molecule has 2 heterocycles. The summed E-state index contributed by atoms with van der Waals surface area (Å²) < 4.78 is 0. The highest BCUT2D eigenvalue weighted by molar-refractivity contribution is 7.12. The first-order valence-corrected chi connectivity index (χ1v) is 5.35. The number of carbonyl (C=O) groups excluding carboxylic acids is 2. The zero-order chi connectivity index (χ0) is 10.8. The zero-order valence-electron chi connectivity index (χ0n) is 8.17. The Balaban J connectivity index is 2.07. The molecule has 15 heavy (non-hydrogen) atoms. The number of hydrogen-bond donors (Lipinski definition) is 0. The van der Waals surface area contributed by atoms with Crippen LogP contribution in [0.3, 0.4) is 0 Å². The highest BCUT2D eigenvalue weighted by Crippen LogP contribution is 2.14. The highest BCUT2D eigenvalue weighted by Gasteiger charge is 2.27. The lowest BCUT2D eigenvalue weighted by atomic mass is 10.4. The standard InChI is InChI=1S/C9H10N2O3S/c1-10-4-5-11(14-9(10)13)8(12)7-3-2-6-15-7/h2-3,6H,4-5H2,1H3. The van der Waals surface area contributed by atoms with Crippen molar-refractivity contribution >= 4 is 23.3 Å². The van der Waals surface area contributed by atoms with Crippen molar-refractivity contribution in [2.24, 2.45) is 0 Å². The number of thiophene rings is 1. The Morgan fingerprint density at radius 2 is 2.33 bits per heavy atom. The molecule has 1 fully saturated rings. The van der Waals surface area contributed by atoms with Crippen molar-refractivity contribution in [3.8, 4) is 0 Å². The van der Waals surface area contributed by atoms with Crippen LogP contribution in [-0.2, 0) is 4.84 Å². The second kappa shape index (κ2) is 3.90. The predicted octanol–water partition coefficient (Wildman–Crippen LogP) is 1.19. The minimum absolute atomic E-state index is 0.258. The molecule has 1 saturated heterocycles. The third-order valence-electron chi connectivity index (χ3n) is 2.10. The lowest BCUT2D eigenvalue weighted by Crippen LogP contribution is -2.48. The van der Waals surface area contributed by atoms with Crippen LogP contribution in [0.2, 0.25) is 0 Å². The molecule has 0 N–H and O–H groups in total. The summed E-state index contributed by atoms with van der Waals surface area (Å²) in [5.41, 5.74) is 0. The first kappa shape index (κ1) is 9.97. The van der Waals surface area contributed by atoms with Crippen LogP contribution in [0.25, 0.3) is 0 Å². The van der Waals surface area contributed by atoms with Crippen molar-refractivity contribution in [3.63, 3.8) is 0 Å². The van der Waals surface area contributed by atoms with E-state index in [1.54, 1.807) is 19.2 Å². The predicted molar refractivity (Wildman–Crippen MR) is 54.5 cm³/mol. The Morgan fingerprint density at radius 1 is 1.53 bits per heavy atom. The largest absolute Gasteiger partial charge is 0.434 e. The average molecular weight is 226 g/mol. The lowest BCUT2D eigenvalue weighted by molar-refractivity contribution is -0.103. The number of likely N-dealkylation sites (N-methyl/N-ethyl adjacent to an activating group) is 1. The van der Waals surface area contributed by atoms with Gasteiger partial charge in [-0.15, -0.1) is 11.3 Å². The van der Waals surface area contributed by atoms with E-state index in [1.807, 2.05) is 5.38 Å². The lowest BCUT2D eigenvalue weighted by Gasteiger charge is -2.30. The molecule has 6 heteroatoms. The molecule has 5 nitrogen and oxygen atoms in total. The molecule has 1 aromatic rings. The number of nitrogens with zero attached hydrogens (tertiary/aromatic N) is 2. The Kier molecular flexibility index (Phi) is 2.59. The van der Waals surface area contributed by atoms with Crippen LogP contribution in [-0.4, -0.2) is 42.1 Å². The van der Waals surface area contributed by atoms with Gasteiger partial charge in [0.15, 0.2) is 0 Å². The van der Waals surface area contributed by atoms with Crippen LogP contribution in [0.1, 0.15) is 9.67 Å². The van der Waals surface area contributed by atoms with Gasteiger partial charge in [-0.1, -0.05) is 6.07 Å². The van der Waals surface area contributed by atoms with Gasteiger partial charge in [-0.05, 0) is 11.4 Å². The zero-order valence-corrected chi connectivity index (χ0v) is 8.99. The molecule has 0 radical (unpaired) electrons. The Labute approximate surface area is 90.8 Å². The number of amides is 2. The summed E-state index contributed by atoms with van der Waals surface area (Å²) in [7, 11) is 1.63. The second-order valence-electron chi connectivity index (χ2n) is 3.16. The van der Waals surface area contributed by atoms with Gasteiger partial charge in [-0.3, -0.25) is 4.79 Å². The summed E-state index contributed by atoms with van der Waals surface area (Å²) in [6, 6.07) is 3.49. The molecular weight excluding hydrogens is 216 g/mol. The molecule has 1 aliphatic rings. The molecule has 1 aromatic heterocycles. The summed E-state index contributed by atoms with van der Waals surface area (Å²) in [4.78, 5) is 29.8. The second-order valence-corrected chi connectivity index (χ2v) is 4.11. The van der Waals surface area contributed by atoms with E-state index in [2.05, 4.69) is 0 Å². The first-order chi connectivity index (χ1) is 7.18. The molecule has 0 unspecified atom stereocenters. The molecule has 0 saturated carbocycles. The van der Waals surface area contributed by atoms with Gasteiger partial charge < -0.3 is 9.74 Å². The van der Waals surface area contributed by atoms with Gasteiger partial charge in [-0.2, -0.15) is 5.06 Å². The quantitative estimate of drug-likeness (QED) is 0.722. The van der Waals surface area contributed by atoms with Crippen LogP contribution in [0.4, 0.5) is 4.79 Å². The van der Waals surface area contributed by atoms with Gasteiger partial charge in [0, 0.05) is 13.6 Å². The summed E-state index contributed by atoms with van der Waals surface area (Å²) in [5.74, 6) is -0.258. The van der Waals surface area contributed by atoms with Gasteiger partial charge in [0.25, 0.3) is 5.91 Å². The SMILES string of the molecule is CN1CCN(C(=O)c2cccs2)OC1=O. The number of hydrogen-bond acceptors (Lipinski definition) is 4. The van der Waals surface area contributed by atoms with Crippen molar-refractivity contribution in [1.29, 1.82) is 0 Å².